The highest BCUT2D eigenvalue weighted by Crippen LogP contribution is 2.40. The van der Waals surface area contributed by atoms with Gasteiger partial charge in [-0.05, 0) is 76.6 Å². The van der Waals surface area contributed by atoms with E-state index in [1.54, 1.807) is 20.8 Å². The van der Waals surface area contributed by atoms with Crippen molar-refractivity contribution in [2.75, 3.05) is 6.54 Å². The van der Waals surface area contributed by atoms with Crippen LogP contribution in [0.2, 0.25) is 0 Å². The van der Waals surface area contributed by atoms with Crippen LogP contribution in [0, 0.1) is 5.82 Å². The summed E-state index contributed by atoms with van der Waals surface area (Å²) in [5, 5.41) is 15.7. The average molecular weight is 552 g/mol. The molecule has 0 radical (unpaired) electrons. The summed E-state index contributed by atoms with van der Waals surface area (Å²) in [4.78, 5) is 35.0. The SMILES string of the molecule is CC(C)(C)OC(=O)NC(C)(C)c1cc(-c2ccc(F)cc2)nc(C(O)(CNC(=O)c2cnc[nH]2)C(F)(F)F)c1. The van der Waals surface area contributed by atoms with Gasteiger partial charge in [0.1, 0.15) is 17.1 Å². The smallest absolute Gasteiger partial charge is 0.424 e. The number of halogens is 4. The van der Waals surface area contributed by atoms with Crippen LogP contribution in [-0.2, 0) is 15.9 Å². The fraction of sp³-hybridized carbons (Fsp3) is 0.385. The van der Waals surface area contributed by atoms with E-state index < -0.39 is 53.0 Å². The Balaban J connectivity index is 2.11. The van der Waals surface area contributed by atoms with Crippen molar-refractivity contribution >= 4 is 12.0 Å². The van der Waals surface area contributed by atoms with Crippen LogP contribution in [0.5, 0.6) is 0 Å². The van der Waals surface area contributed by atoms with Gasteiger partial charge in [0.2, 0.25) is 5.60 Å². The molecule has 2 aromatic heterocycles. The van der Waals surface area contributed by atoms with E-state index in [0.29, 0.717) is 0 Å². The molecule has 0 aliphatic heterocycles. The molecule has 0 aliphatic rings. The van der Waals surface area contributed by atoms with Crippen molar-refractivity contribution in [1.82, 2.24) is 25.6 Å². The van der Waals surface area contributed by atoms with Crippen molar-refractivity contribution in [2.45, 2.75) is 57.5 Å². The minimum atomic E-state index is -5.29. The number of carbonyl (C=O) groups is 2. The number of pyridine rings is 1. The number of aromatic amines is 1. The molecule has 0 bridgehead atoms. The van der Waals surface area contributed by atoms with E-state index >= 15 is 0 Å². The maximum atomic E-state index is 14.4. The first kappa shape index (κ1) is 29.6. The largest absolute Gasteiger partial charge is 0.444 e. The minimum Gasteiger partial charge on any atom is -0.444 e. The Bertz CT molecular complexity index is 1320. The lowest BCUT2D eigenvalue weighted by Crippen LogP contribution is -2.52. The van der Waals surface area contributed by atoms with Crippen LogP contribution in [0.15, 0.2) is 48.9 Å². The van der Waals surface area contributed by atoms with Crippen LogP contribution >= 0.6 is 0 Å². The van der Waals surface area contributed by atoms with Crippen LogP contribution in [0.1, 0.15) is 56.4 Å². The number of rotatable bonds is 7. The van der Waals surface area contributed by atoms with Gasteiger partial charge in [0.15, 0.2) is 0 Å². The molecule has 0 saturated heterocycles. The van der Waals surface area contributed by atoms with E-state index in [4.69, 9.17) is 4.74 Å². The van der Waals surface area contributed by atoms with Gasteiger partial charge in [0, 0.05) is 5.56 Å². The Morgan fingerprint density at radius 1 is 1.05 bits per heavy atom. The molecule has 0 aliphatic carbocycles. The number of hydrogen-bond donors (Lipinski definition) is 4. The maximum Gasteiger partial charge on any atom is 0.424 e. The molecule has 4 N–H and O–H groups in total. The van der Waals surface area contributed by atoms with Gasteiger partial charge in [0.25, 0.3) is 5.91 Å². The number of nitrogens with zero attached hydrogens (tertiary/aromatic N) is 2. The fourth-order valence-electron chi connectivity index (χ4n) is 3.52. The van der Waals surface area contributed by atoms with E-state index in [1.807, 2.05) is 0 Å². The molecule has 2 heterocycles. The second kappa shape index (κ2) is 10.6. The number of benzene rings is 1. The Morgan fingerprint density at radius 3 is 2.23 bits per heavy atom. The number of carbonyl (C=O) groups excluding carboxylic acids is 2. The Labute approximate surface area is 222 Å². The second-order valence-corrected chi connectivity index (χ2v) is 10.4. The lowest BCUT2D eigenvalue weighted by molar-refractivity contribution is -0.265. The molecule has 1 aromatic carbocycles. The number of alkyl halides is 3. The highest BCUT2D eigenvalue weighted by atomic mass is 19.4. The van der Waals surface area contributed by atoms with Crippen LogP contribution < -0.4 is 10.6 Å². The summed E-state index contributed by atoms with van der Waals surface area (Å²) in [6.45, 7) is 6.72. The predicted octanol–water partition coefficient (Wildman–Crippen LogP) is 4.55. The van der Waals surface area contributed by atoms with Crippen LogP contribution in [0.3, 0.4) is 0 Å². The zero-order valence-electron chi connectivity index (χ0n) is 21.9. The number of ether oxygens (including phenoxy) is 1. The second-order valence-electron chi connectivity index (χ2n) is 10.4. The molecule has 3 aromatic rings. The third-order valence-electron chi connectivity index (χ3n) is 5.64. The molecular formula is C26H29F4N5O4. The lowest BCUT2D eigenvalue weighted by atomic mass is 9.88. The molecule has 2 amide bonds. The third kappa shape index (κ3) is 7.11. The molecule has 3 rings (SSSR count). The summed E-state index contributed by atoms with van der Waals surface area (Å²) in [6.07, 6.45) is -3.84. The molecule has 1 atom stereocenters. The standard InChI is InChI=1S/C26H29F4N5O4/c1-23(2,3)39-22(37)35-24(4,5)16-10-18(15-6-8-17(27)9-7-15)34-20(11-16)25(38,26(28,29)30)13-32-21(36)19-12-31-14-33-19/h6-12,14,38H,13H2,1-5H3,(H,31,33)(H,32,36)(H,35,37). The third-order valence-corrected chi connectivity index (χ3v) is 5.64. The van der Waals surface area contributed by atoms with E-state index in [2.05, 4.69) is 25.6 Å². The Hall–Kier alpha value is -4.00. The number of hydrogen-bond acceptors (Lipinski definition) is 6. The summed E-state index contributed by atoms with van der Waals surface area (Å²) >= 11 is 0. The normalized spacial score (nSPS) is 13.9. The summed E-state index contributed by atoms with van der Waals surface area (Å²) in [5.74, 6) is -1.51. The molecule has 210 valence electrons. The van der Waals surface area contributed by atoms with Crippen molar-refractivity contribution in [2.24, 2.45) is 0 Å². The average Bonchev–Trinajstić information content (AvgIpc) is 3.35. The van der Waals surface area contributed by atoms with Crippen molar-refractivity contribution in [3.05, 3.63) is 71.7 Å². The summed E-state index contributed by atoms with van der Waals surface area (Å²) < 4.78 is 62.0. The minimum absolute atomic E-state index is 0.0378. The van der Waals surface area contributed by atoms with Gasteiger partial charge < -0.3 is 25.5 Å². The lowest BCUT2D eigenvalue weighted by Gasteiger charge is -2.33. The monoisotopic (exact) mass is 551 g/mol. The van der Waals surface area contributed by atoms with Crippen LogP contribution in [0.4, 0.5) is 22.4 Å². The van der Waals surface area contributed by atoms with Gasteiger partial charge in [0.05, 0.1) is 36.0 Å². The van der Waals surface area contributed by atoms with Crippen molar-refractivity contribution in [3.63, 3.8) is 0 Å². The molecule has 0 fully saturated rings. The summed E-state index contributed by atoms with van der Waals surface area (Å²) in [6, 6.07) is 7.23. The molecule has 13 heteroatoms. The molecule has 9 nitrogen and oxygen atoms in total. The Morgan fingerprint density at radius 2 is 1.69 bits per heavy atom. The maximum absolute atomic E-state index is 14.4. The van der Waals surface area contributed by atoms with Gasteiger partial charge in [-0.1, -0.05) is 0 Å². The number of aliphatic hydroxyl groups is 1. The topological polar surface area (TPSA) is 129 Å². The quantitative estimate of drug-likeness (QED) is 0.319. The molecular weight excluding hydrogens is 522 g/mol. The first-order valence-electron chi connectivity index (χ1n) is 11.8. The first-order valence-corrected chi connectivity index (χ1v) is 11.8. The molecule has 0 spiro atoms. The fourth-order valence-corrected chi connectivity index (χ4v) is 3.52. The summed E-state index contributed by atoms with van der Waals surface area (Å²) in [7, 11) is 0. The van der Waals surface area contributed by atoms with E-state index in [9.17, 15) is 32.3 Å². The number of amides is 2. The van der Waals surface area contributed by atoms with Crippen LogP contribution in [0.25, 0.3) is 11.3 Å². The predicted molar refractivity (Wildman–Crippen MR) is 133 cm³/mol. The van der Waals surface area contributed by atoms with Gasteiger partial charge in [-0.25, -0.2) is 19.2 Å². The number of imidazole rings is 1. The van der Waals surface area contributed by atoms with E-state index in [1.165, 1.54) is 38.4 Å². The number of aromatic nitrogens is 3. The van der Waals surface area contributed by atoms with Gasteiger partial charge >= 0.3 is 12.3 Å². The highest BCUT2D eigenvalue weighted by Gasteiger charge is 2.56. The number of H-pyrrole nitrogens is 1. The Kier molecular flexibility index (Phi) is 8.06. The molecule has 39 heavy (non-hydrogen) atoms. The highest BCUT2D eigenvalue weighted by molar-refractivity contribution is 5.92. The van der Waals surface area contributed by atoms with Gasteiger partial charge in [-0.3, -0.25) is 4.79 Å². The van der Waals surface area contributed by atoms with Crippen molar-refractivity contribution < 1.29 is 37.0 Å². The van der Waals surface area contributed by atoms with E-state index in [-0.39, 0.29) is 22.5 Å². The van der Waals surface area contributed by atoms with Crippen molar-refractivity contribution in [1.29, 1.82) is 0 Å². The van der Waals surface area contributed by atoms with Gasteiger partial charge in [-0.2, -0.15) is 13.2 Å². The zero-order chi connectivity index (χ0) is 29.2. The molecule has 0 saturated carbocycles. The summed E-state index contributed by atoms with van der Waals surface area (Å²) in [5.41, 5.74) is -6.43. The number of alkyl carbamates (subject to hydrolysis) is 1. The molecule has 1 unspecified atom stereocenters. The first-order chi connectivity index (χ1) is 17.9. The number of nitrogens with one attached hydrogen (secondary N) is 3. The van der Waals surface area contributed by atoms with E-state index in [0.717, 1.165) is 24.4 Å². The van der Waals surface area contributed by atoms with Crippen LogP contribution in [-0.4, -0.2) is 50.4 Å². The zero-order valence-corrected chi connectivity index (χ0v) is 21.9. The van der Waals surface area contributed by atoms with Gasteiger partial charge in [-0.15, -0.1) is 0 Å². The van der Waals surface area contributed by atoms with Crippen molar-refractivity contribution in [3.8, 4) is 11.3 Å².